The van der Waals surface area contributed by atoms with E-state index in [2.05, 4.69) is 59.9 Å². The third kappa shape index (κ3) is 5.46. The van der Waals surface area contributed by atoms with Crippen molar-refractivity contribution in [2.75, 3.05) is 31.1 Å². The first kappa shape index (κ1) is 36.2. The molecule has 50 heavy (non-hydrogen) atoms. The molecule has 1 aliphatic heterocycles. The van der Waals surface area contributed by atoms with Crippen LogP contribution in [-0.4, -0.2) is 67.0 Å². The largest absolute Gasteiger partial charge is 0.478 e. The van der Waals surface area contributed by atoms with E-state index in [-0.39, 0.29) is 44.6 Å². The van der Waals surface area contributed by atoms with Gasteiger partial charge in [0.05, 0.1) is 23.6 Å². The summed E-state index contributed by atoms with van der Waals surface area (Å²) in [6.45, 7) is 18.8. The number of rotatable bonds is 6. The molecular formula is C42H62N2O5S. The van der Waals surface area contributed by atoms with Gasteiger partial charge in [0.25, 0.3) is 0 Å². The Labute approximate surface area is 301 Å². The van der Waals surface area contributed by atoms with Crippen molar-refractivity contribution >= 4 is 27.3 Å². The van der Waals surface area contributed by atoms with Crippen molar-refractivity contribution < 1.29 is 23.1 Å². The lowest BCUT2D eigenvalue weighted by Gasteiger charge is -2.72. The summed E-state index contributed by atoms with van der Waals surface area (Å²) in [5.74, 6) is 2.88. The average molecular weight is 707 g/mol. The van der Waals surface area contributed by atoms with Crippen LogP contribution in [0.5, 0.6) is 0 Å². The van der Waals surface area contributed by atoms with Gasteiger partial charge in [0.1, 0.15) is 0 Å². The molecule has 1 saturated heterocycles. The monoisotopic (exact) mass is 706 g/mol. The van der Waals surface area contributed by atoms with Crippen LogP contribution in [0, 0.1) is 57.2 Å². The van der Waals surface area contributed by atoms with E-state index in [4.69, 9.17) is 0 Å². The first-order valence-electron chi connectivity index (χ1n) is 19.7. The number of nitrogens with zero attached hydrogens (tertiary/aromatic N) is 1. The van der Waals surface area contributed by atoms with E-state index < -0.39 is 15.8 Å². The zero-order valence-corrected chi connectivity index (χ0v) is 32.5. The zero-order chi connectivity index (χ0) is 36.1. The Kier molecular flexibility index (Phi) is 8.81. The van der Waals surface area contributed by atoms with Gasteiger partial charge in [-0.1, -0.05) is 66.7 Å². The zero-order valence-electron chi connectivity index (χ0n) is 31.7. The number of sulfone groups is 1. The van der Waals surface area contributed by atoms with Crippen LogP contribution in [0.15, 0.2) is 30.3 Å². The highest BCUT2D eigenvalue weighted by Gasteiger charge is 2.70. The molecular weight excluding hydrogens is 645 g/mol. The summed E-state index contributed by atoms with van der Waals surface area (Å²) >= 11 is 0. The minimum atomic E-state index is -2.98. The van der Waals surface area contributed by atoms with Gasteiger partial charge in [-0.05, 0) is 138 Å². The number of carbonyl (C=O) groups excluding carboxylic acids is 1. The summed E-state index contributed by atoms with van der Waals surface area (Å²) in [6.07, 6.45) is 12.9. The fraction of sp³-hybridized carbons (Fsp3) is 0.762. The molecule has 9 atom stereocenters. The number of hydrogen-bond acceptors (Lipinski definition) is 5. The van der Waals surface area contributed by atoms with Crippen LogP contribution in [0.2, 0.25) is 0 Å². The lowest BCUT2D eigenvalue weighted by Crippen LogP contribution is -2.68. The minimum absolute atomic E-state index is 0.0183. The topological polar surface area (TPSA) is 104 Å². The van der Waals surface area contributed by atoms with E-state index in [0.717, 1.165) is 31.2 Å². The van der Waals surface area contributed by atoms with Crippen molar-refractivity contribution in [1.82, 2.24) is 10.2 Å². The number of hydrogen-bond donors (Lipinski definition) is 2. The van der Waals surface area contributed by atoms with Crippen molar-refractivity contribution in [2.24, 2.45) is 57.2 Å². The summed E-state index contributed by atoms with van der Waals surface area (Å²) < 4.78 is 24.0. The minimum Gasteiger partial charge on any atom is -0.478 e. The van der Waals surface area contributed by atoms with Gasteiger partial charge >= 0.3 is 5.97 Å². The second kappa shape index (κ2) is 12.2. The van der Waals surface area contributed by atoms with E-state index in [9.17, 15) is 23.1 Å². The molecule has 0 bridgehead atoms. The third-order valence-electron chi connectivity index (χ3n) is 16.6. The Balaban J connectivity index is 1.16. The van der Waals surface area contributed by atoms with E-state index in [1.165, 1.54) is 37.7 Å². The van der Waals surface area contributed by atoms with Crippen LogP contribution in [-0.2, 0) is 14.6 Å². The molecule has 1 aromatic rings. The van der Waals surface area contributed by atoms with Crippen molar-refractivity contribution in [2.45, 2.75) is 112 Å². The molecule has 0 radical (unpaired) electrons. The van der Waals surface area contributed by atoms with Gasteiger partial charge in [-0.25, -0.2) is 13.2 Å². The van der Waals surface area contributed by atoms with Crippen LogP contribution in [0.3, 0.4) is 0 Å². The molecule has 7 rings (SSSR count). The summed E-state index contributed by atoms with van der Waals surface area (Å²) in [5.41, 5.74) is 3.28. The molecule has 5 aliphatic carbocycles. The molecule has 276 valence electrons. The molecule has 1 amide bonds. The van der Waals surface area contributed by atoms with Gasteiger partial charge in [0.2, 0.25) is 5.91 Å². The maximum absolute atomic E-state index is 13.8. The number of amides is 1. The SMILES string of the molecule is CC(C)C1CCC2(NC(=O)CN3CCS(=O)(=O)CC3)CCC3(C)C(CCC4C5(C)CC=C(c6ccc(C(=O)O)cc6)C(C)(C)C5CCC43C)C12. The quantitative estimate of drug-likeness (QED) is 0.314. The Morgan fingerprint density at radius 1 is 0.880 bits per heavy atom. The van der Waals surface area contributed by atoms with Crippen LogP contribution in [0.1, 0.15) is 122 Å². The van der Waals surface area contributed by atoms with E-state index in [1.807, 2.05) is 17.0 Å². The summed E-state index contributed by atoms with van der Waals surface area (Å²) in [6, 6.07) is 7.52. The highest BCUT2D eigenvalue weighted by molar-refractivity contribution is 7.91. The van der Waals surface area contributed by atoms with Gasteiger partial charge in [-0.2, -0.15) is 0 Å². The number of fused-ring (bicyclic) bond motifs is 7. The molecule has 5 fully saturated rings. The van der Waals surface area contributed by atoms with Crippen LogP contribution >= 0.6 is 0 Å². The maximum atomic E-state index is 13.8. The Morgan fingerprint density at radius 3 is 2.20 bits per heavy atom. The molecule has 0 aromatic heterocycles. The van der Waals surface area contributed by atoms with Crippen LogP contribution in [0.25, 0.3) is 5.57 Å². The predicted molar refractivity (Wildman–Crippen MR) is 199 cm³/mol. The smallest absolute Gasteiger partial charge is 0.335 e. The number of carboxylic acid groups (broad SMARTS) is 1. The first-order valence-corrected chi connectivity index (χ1v) is 21.5. The highest BCUT2D eigenvalue weighted by Crippen LogP contribution is 2.76. The summed E-state index contributed by atoms with van der Waals surface area (Å²) in [4.78, 5) is 27.4. The van der Waals surface area contributed by atoms with E-state index in [0.29, 0.717) is 60.7 Å². The molecule has 4 saturated carbocycles. The van der Waals surface area contributed by atoms with Gasteiger partial charge in [-0.3, -0.25) is 9.69 Å². The Hall–Kier alpha value is -2.19. The second-order valence-corrected chi connectivity index (χ2v) is 21.5. The number of allylic oxidation sites excluding steroid dienone is 2. The molecule has 7 nitrogen and oxygen atoms in total. The first-order chi connectivity index (χ1) is 23.4. The van der Waals surface area contributed by atoms with E-state index in [1.54, 1.807) is 12.1 Å². The molecule has 1 heterocycles. The van der Waals surface area contributed by atoms with Gasteiger partial charge < -0.3 is 10.4 Å². The fourth-order valence-electron chi connectivity index (χ4n) is 13.9. The normalized spacial score (nSPS) is 42.0. The molecule has 0 spiro atoms. The lowest BCUT2D eigenvalue weighted by atomic mass is 9.33. The number of nitrogens with one attached hydrogen (secondary N) is 1. The molecule has 6 aliphatic rings. The Morgan fingerprint density at radius 2 is 1.56 bits per heavy atom. The molecule has 9 unspecified atom stereocenters. The van der Waals surface area contributed by atoms with Gasteiger partial charge in [-0.15, -0.1) is 0 Å². The van der Waals surface area contributed by atoms with Crippen LogP contribution in [0.4, 0.5) is 0 Å². The average Bonchev–Trinajstić information content (AvgIpc) is 3.42. The number of benzene rings is 1. The van der Waals surface area contributed by atoms with Gasteiger partial charge in [0, 0.05) is 18.6 Å². The van der Waals surface area contributed by atoms with Crippen LogP contribution < -0.4 is 5.32 Å². The van der Waals surface area contributed by atoms with Crippen molar-refractivity contribution in [3.05, 3.63) is 41.5 Å². The third-order valence-corrected chi connectivity index (χ3v) is 18.2. The number of carboxylic acids is 1. The van der Waals surface area contributed by atoms with Crippen molar-refractivity contribution in [3.8, 4) is 0 Å². The second-order valence-electron chi connectivity index (χ2n) is 19.2. The number of aromatic carboxylic acids is 1. The molecule has 8 heteroatoms. The summed E-state index contributed by atoms with van der Waals surface area (Å²) in [7, 11) is -2.98. The predicted octanol–water partition coefficient (Wildman–Crippen LogP) is 7.71. The van der Waals surface area contributed by atoms with Gasteiger partial charge in [0.15, 0.2) is 9.84 Å². The summed E-state index contributed by atoms with van der Waals surface area (Å²) in [5, 5.41) is 13.2. The maximum Gasteiger partial charge on any atom is 0.335 e. The molecule has 2 N–H and O–H groups in total. The van der Waals surface area contributed by atoms with Crippen molar-refractivity contribution in [1.29, 1.82) is 0 Å². The number of carbonyl (C=O) groups is 2. The lowest BCUT2D eigenvalue weighted by molar-refractivity contribution is -0.221. The van der Waals surface area contributed by atoms with Crippen molar-refractivity contribution in [3.63, 3.8) is 0 Å². The molecule has 1 aromatic carbocycles. The highest BCUT2D eigenvalue weighted by atomic mass is 32.2. The standard InChI is InChI=1S/C42H62N2O5S/c1-27(2)30-14-19-42(43-35(45)26-44-22-24-50(48,49)25-23-44)21-20-40(6)32(36(30)42)12-13-34-39(5)17-15-31(28-8-10-29(11-9-28)37(46)47)38(3,4)33(39)16-18-41(34,40)7/h8-11,15,27,30,32-34,36H,12-14,16-26H2,1-7H3,(H,43,45)(H,46,47). The Bertz CT molecular complexity index is 1650. The van der Waals surface area contributed by atoms with E-state index >= 15 is 0 Å². The fourth-order valence-corrected chi connectivity index (χ4v) is 15.2.